The molecule has 0 saturated heterocycles. The van der Waals surface area contributed by atoms with Gasteiger partial charge in [0.25, 0.3) is 0 Å². The van der Waals surface area contributed by atoms with Gasteiger partial charge < -0.3 is 0 Å². The van der Waals surface area contributed by atoms with Gasteiger partial charge in [0.1, 0.15) is 7.28 Å². The van der Waals surface area contributed by atoms with Gasteiger partial charge in [0.05, 0.1) is 0 Å². The highest BCUT2D eigenvalue weighted by atomic mass is 13.7. The summed E-state index contributed by atoms with van der Waals surface area (Å²) in [6.45, 7) is 7.60. The van der Waals surface area contributed by atoms with Crippen LogP contribution in [-0.2, 0) is 0 Å². The van der Waals surface area contributed by atoms with Crippen molar-refractivity contribution in [2.45, 2.75) is 13.7 Å². The highest BCUT2D eigenvalue weighted by Gasteiger charge is 1.73. The molecule has 0 amide bonds. The molecule has 0 unspecified atom stereocenters. The standard InChI is InChI=1S/C6H10B/c1-4-6(2)5-7-3/h4-5H,1H2,2-3H3. The van der Waals surface area contributed by atoms with Gasteiger partial charge in [-0.15, -0.1) is 5.98 Å². The first-order chi connectivity index (χ1) is 3.31. The second-order valence-corrected chi connectivity index (χ2v) is 1.45. The number of hydrogen-bond acceptors (Lipinski definition) is 0. The van der Waals surface area contributed by atoms with Crippen LogP contribution in [0.5, 0.6) is 0 Å². The van der Waals surface area contributed by atoms with Crippen LogP contribution in [0.1, 0.15) is 6.92 Å². The summed E-state index contributed by atoms with van der Waals surface area (Å²) < 4.78 is 0. The van der Waals surface area contributed by atoms with Gasteiger partial charge >= 0.3 is 0 Å². The van der Waals surface area contributed by atoms with Gasteiger partial charge in [0.2, 0.25) is 0 Å². The Morgan fingerprint density at radius 3 is 2.43 bits per heavy atom. The maximum Gasteiger partial charge on any atom is 0.138 e. The normalized spacial score (nSPS) is 10.9. The predicted molar refractivity (Wildman–Crippen MR) is 35.6 cm³/mol. The molecule has 1 heteroatoms. The topological polar surface area (TPSA) is 0 Å². The zero-order valence-corrected chi connectivity index (χ0v) is 4.94. The third kappa shape index (κ3) is 3.37. The zero-order valence-electron chi connectivity index (χ0n) is 4.94. The van der Waals surface area contributed by atoms with Crippen molar-refractivity contribution < 1.29 is 0 Å². The third-order valence-corrected chi connectivity index (χ3v) is 0.752. The molecular weight excluding hydrogens is 82.9 g/mol. The monoisotopic (exact) mass is 93.1 g/mol. The number of hydrogen-bond donors (Lipinski definition) is 0. The van der Waals surface area contributed by atoms with Crippen LogP contribution in [0, 0.1) is 0 Å². The van der Waals surface area contributed by atoms with Crippen molar-refractivity contribution in [3.05, 3.63) is 24.2 Å². The van der Waals surface area contributed by atoms with Gasteiger partial charge in [0, 0.05) is 0 Å². The largest absolute Gasteiger partial charge is 0.138 e. The van der Waals surface area contributed by atoms with E-state index in [0.29, 0.717) is 0 Å². The minimum atomic E-state index is 1.21. The molecule has 7 heavy (non-hydrogen) atoms. The highest BCUT2D eigenvalue weighted by Crippen LogP contribution is 1.88. The van der Waals surface area contributed by atoms with Crippen LogP contribution >= 0.6 is 0 Å². The molecular formula is C6H10B. The van der Waals surface area contributed by atoms with Crippen molar-refractivity contribution in [1.82, 2.24) is 0 Å². The Labute approximate surface area is 46.2 Å². The minimum Gasteiger partial charge on any atom is -0.120 e. The number of rotatable bonds is 2. The van der Waals surface area contributed by atoms with E-state index in [4.69, 9.17) is 0 Å². The molecule has 0 aromatic rings. The van der Waals surface area contributed by atoms with Crippen LogP contribution in [-0.4, -0.2) is 7.28 Å². The molecule has 0 aromatic carbocycles. The van der Waals surface area contributed by atoms with E-state index in [1.807, 2.05) is 33.1 Å². The summed E-state index contributed by atoms with van der Waals surface area (Å²) in [6.07, 6.45) is 1.83. The lowest BCUT2D eigenvalue weighted by atomic mass is 9.81. The summed E-state index contributed by atoms with van der Waals surface area (Å²) in [4.78, 5) is 0. The summed E-state index contributed by atoms with van der Waals surface area (Å²) in [5.74, 6) is 2.02. The Bertz CT molecular complexity index is 82.2. The van der Waals surface area contributed by atoms with E-state index in [2.05, 4.69) is 6.58 Å². The average Bonchev–Trinajstić information content (AvgIpc) is 1.68. The van der Waals surface area contributed by atoms with Crippen molar-refractivity contribution in [3.63, 3.8) is 0 Å². The molecule has 0 aliphatic rings. The third-order valence-electron chi connectivity index (χ3n) is 0.752. The average molecular weight is 93.0 g/mol. The minimum absolute atomic E-state index is 1.21. The van der Waals surface area contributed by atoms with E-state index in [0.717, 1.165) is 0 Å². The Balaban J connectivity index is 3.49. The lowest BCUT2D eigenvalue weighted by Gasteiger charge is -1.82. The first-order valence-electron chi connectivity index (χ1n) is 2.40. The first-order valence-corrected chi connectivity index (χ1v) is 2.40. The smallest absolute Gasteiger partial charge is 0.120 e. The summed E-state index contributed by atoms with van der Waals surface area (Å²) in [6, 6.07) is 0. The summed E-state index contributed by atoms with van der Waals surface area (Å²) in [5.41, 5.74) is 1.21. The molecule has 0 bridgehead atoms. The molecule has 0 saturated carbocycles. The van der Waals surface area contributed by atoms with Gasteiger partial charge in [-0.3, -0.25) is 0 Å². The maximum absolute atomic E-state index is 3.59. The van der Waals surface area contributed by atoms with Gasteiger partial charge in [-0.2, -0.15) is 0 Å². The summed E-state index contributed by atoms with van der Waals surface area (Å²) >= 11 is 0. The van der Waals surface area contributed by atoms with Crippen LogP contribution in [0.15, 0.2) is 24.2 Å². The van der Waals surface area contributed by atoms with Crippen LogP contribution in [0.3, 0.4) is 0 Å². The van der Waals surface area contributed by atoms with Gasteiger partial charge in [0.15, 0.2) is 0 Å². The maximum atomic E-state index is 3.59. The fraction of sp³-hybridized carbons (Fsp3) is 0.333. The van der Waals surface area contributed by atoms with Gasteiger partial charge in [-0.25, -0.2) is 0 Å². The summed E-state index contributed by atoms with van der Waals surface area (Å²) in [7, 11) is 2.00. The molecule has 0 N–H and O–H groups in total. The Morgan fingerprint density at radius 1 is 1.71 bits per heavy atom. The van der Waals surface area contributed by atoms with Crippen molar-refractivity contribution in [1.29, 1.82) is 0 Å². The van der Waals surface area contributed by atoms with Crippen molar-refractivity contribution in [2.75, 3.05) is 0 Å². The molecule has 37 valence electrons. The van der Waals surface area contributed by atoms with Crippen LogP contribution in [0.2, 0.25) is 6.82 Å². The van der Waals surface area contributed by atoms with E-state index < -0.39 is 0 Å². The molecule has 0 aliphatic carbocycles. The molecule has 0 spiro atoms. The zero-order chi connectivity index (χ0) is 5.70. The SMILES string of the molecule is C=CC(C)=C[B]C. The van der Waals surface area contributed by atoms with Gasteiger partial charge in [-0.05, 0) is 6.92 Å². The second kappa shape index (κ2) is 3.73. The molecule has 0 rings (SSSR count). The molecule has 0 nitrogen and oxygen atoms in total. The van der Waals surface area contributed by atoms with E-state index in [-0.39, 0.29) is 0 Å². The van der Waals surface area contributed by atoms with Crippen molar-refractivity contribution >= 4 is 7.28 Å². The molecule has 0 atom stereocenters. The second-order valence-electron chi connectivity index (χ2n) is 1.45. The quantitative estimate of drug-likeness (QED) is 0.360. The van der Waals surface area contributed by atoms with Crippen LogP contribution < -0.4 is 0 Å². The van der Waals surface area contributed by atoms with Crippen molar-refractivity contribution in [3.8, 4) is 0 Å². The fourth-order valence-corrected chi connectivity index (χ4v) is 0.331. The Morgan fingerprint density at radius 2 is 2.29 bits per heavy atom. The molecule has 0 fully saturated rings. The van der Waals surface area contributed by atoms with Crippen molar-refractivity contribution in [2.24, 2.45) is 0 Å². The lowest BCUT2D eigenvalue weighted by molar-refractivity contribution is 1.56. The van der Waals surface area contributed by atoms with Crippen LogP contribution in [0.4, 0.5) is 0 Å². The Hall–Kier alpha value is -0.455. The highest BCUT2D eigenvalue weighted by molar-refractivity contribution is 6.40. The van der Waals surface area contributed by atoms with E-state index in [1.54, 1.807) is 0 Å². The van der Waals surface area contributed by atoms with Gasteiger partial charge in [-0.1, -0.05) is 25.1 Å². The lowest BCUT2D eigenvalue weighted by Crippen LogP contribution is -1.73. The molecule has 0 heterocycles. The fourth-order valence-electron chi connectivity index (χ4n) is 0.331. The molecule has 1 radical (unpaired) electrons. The first kappa shape index (κ1) is 6.54. The Kier molecular flexibility index (Phi) is 3.48. The van der Waals surface area contributed by atoms with E-state index >= 15 is 0 Å². The molecule has 0 aromatic heterocycles. The summed E-state index contributed by atoms with van der Waals surface area (Å²) in [5, 5.41) is 0. The van der Waals surface area contributed by atoms with E-state index in [1.165, 1.54) is 5.57 Å². The van der Waals surface area contributed by atoms with Crippen LogP contribution in [0.25, 0.3) is 0 Å². The predicted octanol–water partition coefficient (Wildman–Crippen LogP) is 1.83. The van der Waals surface area contributed by atoms with E-state index in [9.17, 15) is 0 Å². The number of allylic oxidation sites excluding steroid dienone is 2. The molecule has 0 aliphatic heterocycles.